The van der Waals surface area contributed by atoms with Crippen LogP contribution in [0.4, 0.5) is 0 Å². The summed E-state index contributed by atoms with van der Waals surface area (Å²) in [5, 5.41) is 9.48. The first kappa shape index (κ1) is 16.1. The number of carbonyl (C=O) groups excluding carboxylic acids is 1. The molecule has 1 aliphatic rings. The number of aromatic nitrogens is 2. The van der Waals surface area contributed by atoms with Gasteiger partial charge in [0.25, 0.3) is 5.91 Å². The maximum absolute atomic E-state index is 12.6. The van der Waals surface area contributed by atoms with Gasteiger partial charge in [-0.1, -0.05) is 25.4 Å². The van der Waals surface area contributed by atoms with E-state index in [1.165, 1.54) is 6.20 Å². The summed E-state index contributed by atoms with van der Waals surface area (Å²) in [6.07, 6.45) is 0.956. The Morgan fingerprint density at radius 3 is 2.90 bits per heavy atom. The normalized spacial score (nSPS) is 22.7. The van der Waals surface area contributed by atoms with E-state index in [-0.39, 0.29) is 41.4 Å². The van der Waals surface area contributed by atoms with E-state index in [1.54, 1.807) is 4.90 Å². The molecule has 0 radical (unpaired) electrons. The van der Waals surface area contributed by atoms with Crippen molar-refractivity contribution in [3.05, 3.63) is 22.7 Å². The third-order valence-electron chi connectivity index (χ3n) is 3.30. The summed E-state index contributed by atoms with van der Waals surface area (Å²) in [5.74, 6) is 0.447. The van der Waals surface area contributed by atoms with Gasteiger partial charge in [0.1, 0.15) is 5.82 Å². The van der Waals surface area contributed by atoms with Crippen LogP contribution in [-0.4, -0.2) is 57.8 Å². The molecule has 1 aliphatic heterocycles. The number of carbonyl (C=O) groups is 1. The van der Waals surface area contributed by atoms with Crippen LogP contribution in [0.1, 0.15) is 43.0 Å². The quantitative estimate of drug-likeness (QED) is 0.914. The number of nitrogens with zero attached hydrogens (tertiary/aromatic N) is 3. The summed E-state index contributed by atoms with van der Waals surface area (Å²) < 4.78 is 5.53. The highest BCUT2D eigenvalue weighted by molar-refractivity contribution is 6.33. The lowest BCUT2D eigenvalue weighted by molar-refractivity contribution is -0.0859. The van der Waals surface area contributed by atoms with Crippen LogP contribution in [0.2, 0.25) is 5.02 Å². The van der Waals surface area contributed by atoms with Gasteiger partial charge < -0.3 is 14.7 Å². The van der Waals surface area contributed by atoms with E-state index in [9.17, 15) is 9.90 Å². The van der Waals surface area contributed by atoms with Crippen molar-refractivity contribution < 1.29 is 14.6 Å². The van der Waals surface area contributed by atoms with Gasteiger partial charge in [-0.3, -0.25) is 4.79 Å². The Morgan fingerprint density at radius 1 is 1.57 bits per heavy atom. The van der Waals surface area contributed by atoms with Crippen molar-refractivity contribution in [3.8, 4) is 0 Å². The molecule has 1 fully saturated rings. The molecule has 1 saturated heterocycles. The predicted molar refractivity (Wildman–Crippen MR) is 78.5 cm³/mol. The zero-order valence-electron chi connectivity index (χ0n) is 12.4. The van der Waals surface area contributed by atoms with Gasteiger partial charge in [-0.15, -0.1) is 0 Å². The van der Waals surface area contributed by atoms with Crippen LogP contribution in [0.25, 0.3) is 0 Å². The second kappa shape index (κ2) is 6.68. The first-order valence-electron chi connectivity index (χ1n) is 7.00. The molecule has 2 rings (SSSR count). The summed E-state index contributed by atoms with van der Waals surface area (Å²) in [6.45, 7) is 6.43. The Labute approximate surface area is 129 Å². The van der Waals surface area contributed by atoms with Crippen molar-refractivity contribution in [2.45, 2.75) is 38.9 Å². The molecule has 2 unspecified atom stereocenters. The lowest BCUT2D eigenvalue weighted by Gasteiger charge is -2.36. The standard InChI is InChI=1S/C14H20ClN3O3/c1-8(2)13-16-4-11(15)12(17-13)14(20)18-5-9(3)21-10(6-18)7-19/h4,8-10,19H,5-7H2,1-3H3. The molecule has 2 atom stereocenters. The van der Waals surface area contributed by atoms with E-state index in [0.717, 1.165) is 0 Å². The number of halogens is 1. The molecule has 1 aromatic rings. The van der Waals surface area contributed by atoms with E-state index >= 15 is 0 Å². The van der Waals surface area contributed by atoms with Crippen LogP contribution in [-0.2, 0) is 4.74 Å². The molecule has 21 heavy (non-hydrogen) atoms. The zero-order chi connectivity index (χ0) is 15.6. The van der Waals surface area contributed by atoms with E-state index in [0.29, 0.717) is 18.9 Å². The largest absolute Gasteiger partial charge is 0.394 e. The average molecular weight is 314 g/mol. The fraction of sp³-hybridized carbons (Fsp3) is 0.643. The minimum absolute atomic E-state index is 0.114. The van der Waals surface area contributed by atoms with Gasteiger partial charge >= 0.3 is 0 Å². The molecule has 7 heteroatoms. The van der Waals surface area contributed by atoms with Gasteiger partial charge in [-0.05, 0) is 6.92 Å². The maximum Gasteiger partial charge on any atom is 0.274 e. The zero-order valence-corrected chi connectivity index (χ0v) is 13.2. The highest BCUT2D eigenvalue weighted by atomic mass is 35.5. The molecule has 1 aromatic heterocycles. The van der Waals surface area contributed by atoms with Gasteiger partial charge in [0.2, 0.25) is 0 Å². The number of hydrogen-bond acceptors (Lipinski definition) is 5. The highest BCUT2D eigenvalue weighted by Crippen LogP contribution is 2.20. The van der Waals surface area contributed by atoms with Crippen LogP contribution in [0.15, 0.2) is 6.20 Å². The maximum atomic E-state index is 12.6. The molecular weight excluding hydrogens is 294 g/mol. The molecule has 1 amide bonds. The number of hydrogen-bond donors (Lipinski definition) is 1. The molecule has 0 saturated carbocycles. The van der Waals surface area contributed by atoms with Crippen molar-refractivity contribution >= 4 is 17.5 Å². The first-order chi connectivity index (χ1) is 9.92. The van der Waals surface area contributed by atoms with Crippen LogP contribution in [0.5, 0.6) is 0 Å². The fourth-order valence-corrected chi connectivity index (χ4v) is 2.44. The summed E-state index contributed by atoms with van der Waals surface area (Å²) in [7, 11) is 0. The topological polar surface area (TPSA) is 75.6 Å². The molecule has 0 aromatic carbocycles. The molecule has 2 heterocycles. The predicted octanol–water partition coefficient (Wildman–Crippen LogP) is 1.48. The first-order valence-corrected chi connectivity index (χ1v) is 7.38. The number of morpholine rings is 1. The minimum Gasteiger partial charge on any atom is -0.394 e. The van der Waals surface area contributed by atoms with Crippen molar-refractivity contribution in [3.63, 3.8) is 0 Å². The van der Waals surface area contributed by atoms with Gasteiger partial charge in [0.05, 0.1) is 30.0 Å². The third kappa shape index (κ3) is 3.70. The van der Waals surface area contributed by atoms with Crippen LogP contribution < -0.4 is 0 Å². The molecular formula is C14H20ClN3O3. The summed E-state index contributed by atoms with van der Waals surface area (Å²) in [5.41, 5.74) is 0.209. The number of rotatable bonds is 3. The van der Waals surface area contributed by atoms with Crippen molar-refractivity contribution in [1.82, 2.24) is 14.9 Å². The third-order valence-corrected chi connectivity index (χ3v) is 3.58. The van der Waals surface area contributed by atoms with Crippen LogP contribution >= 0.6 is 11.6 Å². The number of aliphatic hydroxyl groups excluding tert-OH is 1. The lowest BCUT2D eigenvalue weighted by atomic mass is 10.2. The monoisotopic (exact) mass is 313 g/mol. The van der Waals surface area contributed by atoms with Gasteiger partial charge in [0.15, 0.2) is 5.69 Å². The molecule has 1 N–H and O–H groups in total. The van der Waals surface area contributed by atoms with E-state index in [4.69, 9.17) is 16.3 Å². The van der Waals surface area contributed by atoms with E-state index in [1.807, 2.05) is 20.8 Å². The van der Waals surface area contributed by atoms with Gasteiger partial charge in [-0.25, -0.2) is 9.97 Å². The summed E-state index contributed by atoms with van der Waals surface area (Å²) in [4.78, 5) is 22.7. The molecule has 6 nitrogen and oxygen atoms in total. The van der Waals surface area contributed by atoms with E-state index < -0.39 is 0 Å². The smallest absolute Gasteiger partial charge is 0.274 e. The Balaban J connectivity index is 2.24. The van der Waals surface area contributed by atoms with E-state index in [2.05, 4.69) is 9.97 Å². The van der Waals surface area contributed by atoms with Crippen molar-refractivity contribution in [2.24, 2.45) is 0 Å². The Morgan fingerprint density at radius 2 is 2.29 bits per heavy atom. The number of aliphatic hydroxyl groups is 1. The van der Waals surface area contributed by atoms with Crippen LogP contribution in [0.3, 0.4) is 0 Å². The Bertz CT molecular complexity index is 524. The molecule has 0 aliphatic carbocycles. The highest BCUT2D eigenvalue weighted by Gasteiger charge is 2.30. The minimum atomic E-state index is -0.372. The molecule has 0 spiro atoms. The second-order valence-electron chi connectivity index (χ2n) is 5.54. The summed E-state index contributed by atoms with van der Waals surface area (Å²) in [6, 6.07) is 0. The SMILES string of the molecule is CC1CN(C(=O)c2nc(C(C)C)ncc2Cl)CC(CO)O1. The van der Waals surface area contributed by atoms with Crippen LogP contribution in [0, 0.1) is 0 Å². The lowest BCUT2D eigenvalue weighted by Crippen LogP contribution is -2.50. The van der Waals surface area contributed by atoms with Crippen molar-refractivity contribution in [1.29, 1.82) is 0 Å². The summed E-state index contributed by atoms with van der Waals surface area (Å²) >= 11 is 6.07. The molecule has 0 bridgehead atoms. The average Bonchev–Trinajstić information content (AvgIpc) is 2.46. The van der Waals surface area contributed by atoms with Gasteiger partial charge in [-0.2, -0.15) is 0 Å². The Kier molecular flexibility index (Phi) is 5.13. The number of ether oxygens (including phenoxy) is 1. The van der Waals surface area contributed by atoms with Gasteiger partial charge in [0, 0.05) is 19.0 Å². The van der Waals surface area contributed by atoms with Crippen molar-refractivity contribution in [2.75, 3.05) is 19.7 Å². The number of amides is 1. The Hall–Kier alpha value is -1.24. The molecule has 116 valence electrons. The fourth-order valence-electron chi connectivity index (χ4n) is 2.27. The second-order valence-corrected chi connectivity index (χ2v) is 5.95.